The first kappa shape index (κ1) is 22.2. The van der Waals surface area contributed by atoms with E-state index in [0.717, 1.165) is 30.3 Å². The van der Waals surface area contributed by atoms with Crippen LogP contribution in [-0.2, 0) is 0 Å². The summed E-state index contributed by atoms with van der Waals surface area (Å²) in [7, 11) is 0. The minimum Gasteiger partial charge on any atom is -0.463 e. The molecule has 2 unspecified atom stereocenters. The van der Waals surface area contributed by atoms with Crippen molar-refractivity contribution in [2.24, 2.45) is 11.7 Å². The molecule has 1 amide bonds. The summed E-state index contributed by atoms with van der Waals surface area (Å²) < 4.78 is 5.50. The molecule has 150 valence electrons. The number of rotatable bonds is 3. The number of nitrogens with zero attached hydrogens (tertiary/aromatic N) is 2. The van der Waals surface area contributed by atoms with Gasteiger partial charge in [0.05, 0.1) is 17.3 Å². The maximum absolute atomic E-state index is 13.4. The van der Waals surface area contributed by atoms with Crippen LogP contribution in [0.4, 0.5) is 0 Å². The van der Waals surface area contributed by atoms with Crippen molar-refractivity contribution in [2.45, 2.75) is 25.8 Å². The molecule has 7 heteroatoms. The van der Waals surface area contributed by atoms with E-state index in [-0.39, 0.29) is 36.8 Å². The topological polar surface area (TPSA) is 72.4 Å². The minimum absolute atomic E-state index is 0. The van der Waals surface area contributed by atoms with Gasteiger partial charge in [0.2, 0.25) is 0 Å². The number of benzene rings is 1. The molecule has 0 radical (unpaired) electrons. The molecule has 1 aromatic carbocycles. The number of halogens is 2. The van der Waals surface area contributed by atoms with Crippen LogP contribution in [0.1, 0.15) is 30.1 Å². The summed E-state index contributed by atoms with van der Waals surface area (Å²) >= 11 is 0. The molecule has 5 nitrogen and oxygen atoms in total. The largest absolute Gasteiger partial charge is 0.463 e. The van der Waals surface area contributed by atoms with Crippen LogP contribution in [-0.4, -0.2) is 34.9 Å². The number of aromatic nitrogens is 1. The van der Waals surface area contributed by atoms with Crippen LogP contribution in [0.5, 0.6) is 0 Å². The second kappa shape index (κ2) is 9.41. The van der Waals surface area contributed by atoms with Crippen molar-refractivity contribution >= 4 is 41.6 Å². The van der Waals surface area contributed by atoms with E-state index in [1.54, 1.807) is 6.26 Å². The third kappa shape index (κ3) is 4.17. The maximum atomic E-state index is 13.4. The third-order valence-electron chi connectivity index (χ3n) is 5.23. The SMILES string of the molecule is CC1CCN(C(=O)c2cc(-c3ccco3)nc3ccccc23)C(CN)C1.Cl.Cl. The maximum Gasteiger partial charge on any atom is 0.254 e. The Balaban J connectivity index is 0.00000140. The molecule has 2 atom stereocenters. The normalized spacial score (nSPS) is 19.0. The molecule has 0 spiro atoms. The Bertz CT molecular complexity index is 931. The lowest BCUT2D eigenvalue weighted by Gasteiger charge is -2.38. The number of nitrogens with two attached hydrogens (primary N) is 1. The van der Waals surface area contributed by atoms with Gasteiger partial charge in [-0.25, -0.2) is 4.98 Å². The van der Waals surface area contributed by atoms with Crippen molar-refractivity contribution in [3.63, 3.8) is 0 Å². The molecule has 3 aromatic rings. The number of amides is 1. The van der Waals surface area contributed by atoms with E-state index in [1.165, 1.54) is 0 Å². The average Bonchev–Trinajstić information content (AvgIpc) is 3.21. The lowest BCUT2D eigenvalue weighted by Crippen LogP contribution is -2.49. The Hall–Kier alpha value is -2.08. The molecule has 2 N–H and O–H groups in total. The number of hydrogen-bond donors (Lipinski definition) is 1. The molecule has 1 fully saturated rings. The molecule has 0 aliphatic carbocycles. The van der Waals surface area contributed by atoms with Crippen LogP contribution in [0.2, 0.25) is 0 Å². The molecular formula is C21H25Cl2N3O2. The number of furan rings is 1. The minimum atomic E-state index is 0. The van der Waals surface area contributed by atoms with Crippen molar-refractivity contribution < 1.29 is 9.21 Å². The van der Waals surface area contributed by atoms with Gasteiger partial charge in [0.25, 0.3) is 5.91 Å². The molecule has 3 heterocycles. The summed E-state index contributed by atoms with van der Waals surface area (Å²) in [5.41, 5.74) is 8.10. The standard InChI is InChI=1S/C21H23N3O2.2ClH/c1-14-8-9-24(15(11-14)13-22)21(25)17-12-19(20-7-4-10-26-20)23-18-6-3-2-5-16(17)18;;/h2-7,10,12,14-15H,8-9,11,13,22H2,1H3;2*1H. The molecule has 2 aromatic heterocycles. The lowest BCUT2D eigenvalue weighted by atomic mass is 9.91. The van der Waals surface area contributed by atoms with Crippen molar-refractivity contribution in [1.29, 1.82) is 0 Å². The molecule has 0 bridgehead atoms. The second-order valence-electron chi connectivity index (χ2n) is 7.07. The fraction of sp³-hybridized carbons (Fsp3) is 0.333. The highest BCUT2D eigenvalue weighted by atomic mass is 35.5. The highest BCUT2D eigenvalue weighted by Crippen LogP contribution is 2.29. The molecule has 1 aliphatic rings. The van der Waals surface area contributed by atoms with Gasteiger partial charge in [-0.2, -0.15) is 0 Å². The van der Waals surface area contributed by atoms with E-state index >= 15 is 0 Å². The summed E-state index contributed by atoms with van der Waals surface area (Å²) in [6.45, 7) is 3.46. The molecule has 28 heavy (non-hydrogen) atoms. The molecule has 1 aliphatic heterocycles. The van der Waals surface area contributed by atoms with E-state index in [9.17, 15) is 4.79 Å². The van der Waals surface area contributed by atoms with Gasteiger partial charge < -0.3 is 15.1 Å². The van der Waals surface area contributed by atoms with E-state index in [4.69, 9.17) is 10.2 Å². The number of piperidine rings is 1. The van der Waals surface area contributed by atoms with Gasteiger partial charge >= 0.3 is 0 Å². The molecule has 1 saturated heterocycles. The van der Waals surface area contributed by atoms with Gasteiger partial charge in [0.15, 0.2) is 5.76 Å². The van der Waals surface area contributed by atoms with Gasteiger partial charge in [-0.05, 0) is 43.0 Å². The number of para-hydroxylation sites is 1. The summed E-state index contributed by atoms with van der Waals surface area (Å²) in [5.74, 6) is 1.28. The van der Waals surface area contributed by atoms with Gasteiger partial charge in [-0.1, -0.05) is 25.1 Å². The van der Waals surface area contributed by atoms with Crippen molar-refractivity contribution in [3.8, 4) is 11.5 Å². The number of pyridine rings is 1. The Morgan fingerprint density at radius 1 is 1.25 bits per heavy atom. The van der Waals surface area contributed by atoms with Crippen molar-refractivity contribution in [1.82, 2.24) is 9.88 Å². The second-order valence-corrected chi connectivity index (χ2v) is 7.07. The highest BCUT2D eigenvalue weighted by molar-refractivity contribution is 6.07. The van der Waals surface area contributed by atoms with Gasteiger partial charge in [0.1, 0.15) is 5.69 Å². The highest BCUT2D eigenvalue weighted by Gasteiger charge is 2.30. The van der Waals surface area contributed by atoms with Crippen LogP contribution >= 0.6 is 24.8 Å². The predicted octanol–water partition coefficient (Wildman–Crippen LogP) is 4.54. The van der Waals surface area contributed by atoms with E-state index in [2.05, 4.69) is 11.9 Å². The Morgan fingerprint density at radius 3 is 2.75 bits per heavy atom. The zero-order valence-electron chi connectivity index (χ0n) is 15.7. The summed E-state index contributed by atoms with van der Waals surface area (Å²) in [5, 5.41) is 0.863. The van der Waals surface area contributed by atoms with Crippen LogP contribution in [0.25, 0.3) is 22.4 Å². The van der Waals surface area contributed by atoms with Crippen LogP contribution in [0.15, 0.2) is 53.1 Å². The Kier molecular flexibility index (Phi) is 7.47. The van der Waals surface area contributed by atoms with Gasteiger partial charge in [-0.15, -0.1) is 24.8 Å². The fourth-order valence-corrected chi connectivity index (χ4v) is 3.80. The average molecular weight is 422 g/mol. The number of carbonyl (C=O) groups excluding carboxylic acids is 1. The molecule has 4 rings (SSSR count). The Labute approximate surface area is 177 Å². The summed E-state index contributed by atoms with van der Waals surface area (Å²) in [4.78, 5) is 20.0. The van der Waals surface area contributed by atoms with E-state index < -0.39 is 0 Å². The van der Waals surface area contributed by atoms with Gasteiger partial charge in [-0.3, -0.25) is 4.79 Å². The zero-order valence-corrected chi connectivity index (χ0v) is 17.3. The first-order valence-corrected chi connectivity index (χ1v) is 9.12. The monoisotopic (exact) mass is 421 g/mol. The summed E-state index contributed by atoms with van der Waals surface area (Å²) in [6, 6.07) is 13.4. The van der Waals surface area contributed by atoms with E-state index in [1.807, 2.05) is 47.4 Å². The molecule has 0 saturated carbocycles. The quantitative estimate of drug-likeness (QED) is 0.673. The number of likely N-dealkylation sites (tertiary alicyclic amines) is 1. The Morgan fingerprint density at radius 2 is 2.04 bits per heavy atom. The van der Waals surface area contributed by atoms with E-state index in [0.29, 0.717) is 29.5 Å². The van der Waals surface area contributed by atoms with Crippen molar-refractivity contribution in [2.75, 3.05) is 13.1 Å². The smallest absolute Gasteiger partial charge is 0.254 e. The number of fused-ring (bicyclic) bond motifs is 1. The van der Waals surface area contributed by atoms with Crippen LogP contribution < -0.4 is 5.73 Å². The predicted molar refractivity (Wildman–Crippen MR) is 116 cm³/mol. The van der Waals surface area contributed by atoms with Gasteiger partial charge in [0, 0.05) is 24.5 Å². The first-order chi connectivity index (χ1) is 12.7. The van der Waals surface area contributed by atoms with Crippen LogP contribution in [0.3, 0.4) is 0 Å². The third-order valence-corrected chi connectivity index (χ3v) is 5.23. The summed E-state index contributed by atoms with van der Waals surface area (Å²) in [6.07, 6.45) is 3.58. The fourth-order valence-electron chi connectivity index (χ4n) is 3.80. The van der Waals surface area contributed by atoms with Crippen molar-refractivity contribution in [3.05, 3.63) is 54.3 Å². The molecular weight excluding hydrogens is 397 g/mol. The zero-order chi connectivity index (χ0) is 18.1. The number of hydrogen-bond acceptors (Lipinski definition) is 4. The van der Waals surface area contributed by atoms with Crippen LogP contribution in [0, 0.1) is 5.92 Å². The first-order valence-electron chi connectivity index (χ1n) is 9.12. The number of carbonyl (C=O) groups is 1. The lowest BCUT2D eigenvalue weighted by molar-refractivity contribution is 0.0575.